The third-order valence-corrected chi connectivity index (χ3v) is 3.33. The normalized spacial score (nSPS) is 27.1. The van der Waals surface area contributed by atoms with Gasteiger partial charge in [0.15, 0.2) is 11.6 Å². The van der Waals surface area contributed by atoms with Gasteiger partial charge in [0.25, 0.3) is 0 Å². The number of hydrogen-bond donors (Lipinski definition) is 1. The minimum atomic E-state index is -0.384. The van der Waals surface area contributed by atoms with E-state index >= 15 is 0 Å². The molecule has 0 radical (unpaired) electrons. The van der Waals surface area contributed by atoms with Gasteiger partial charge in [0.2, 0.25) is 0 Å². The largest absolute Gasteiger partial charge is 0.385 e. The molecule has 1 unspecified atom stereocenters. The topological polar surface area (TPSA) is 50.9 Å². The van der Waals surface area contributed by atoms with Gasteiger partial charge in [-0.1, -0.05) is 6.42 Å². The van der Waals surface area contributed by atoms with Crippen LogP contribution in [0.1, 0.15) is 55.8 Å². The molecule has 0 saturated heterocycles. The summed E-state index contributed by atoms with van der Waals surface area (Å²) in [5.41, 5.74) is 0. The molecule has 1 aliphatic heterocycles. The number of aliphatic hydroxyl groups excluding tert-OH is 1. The molecule has 1 aromatic rings. The van der Waals surface area contributed by atoms with Crippen molar-refractivity contribution in [1.82, 2.24) is 14.8 Å². The van der Waals surface area contributed by atoms with Gasteiger partial charge >= 0.3 is 0 Å². The molecule has 0 bridgehead atoms. The zero-order valence-corrected chi connectivity index (χ0v) is 8.19. The zero-order valence-electron chi connectivity index (χ0n) is 8.19. The molecule has 4 heteroatoms. The molecule has 1 N–H and O–H groups in total. The molecule has 2 heterocycles. The molecule has 76 valence electrons. The SMILES string of the molecule is OC1CCCn2nc(C3CCC3)nc21. The number of rotatable bonds is 1. The van der Waals surface area contributed by atoms with Crippen molar-refractivity contribution in [1.29, 1.82) is 0 Å². The Morgan fingerprint density at radius 3 is 2.71 bits per heavy atom. The summed E-state index contributed by atoms with van der Waals surface area (Å²) in [4.78, 5) is 4.46. The van der Waals surface area contributed by atoms with Gasteiger partial charge < -0.3 is 5.11 Å². The molecule has 0 aromatic carbocycles. The van der Waals surface area contributed by atoms with Crippen LogP contribution < -0.4 is 0 Å². The molecule has 3 rings (SSSR count). The van der Waals surface area contributed by atoms with E-state index < -0.39 is 0 Å². The Labute approximate surface area is 83.0 Å². The van der Waals surface area contributed by atoms with Crippen LogP contribution in [0.25, 0.3) is 0 Å². The first kappa shape index (κ1) is 8.41. The lowest BCUT2D eigenvalue weighted by Gasteiger charge is -2.21. The standard InChI is InChI=1S/C10H15N3O/c14-8-5-2-6-13-10(8)11-9(12-13)7-3-1-4-7/h7-8,14H,1-6H2. The molecule has 1 fully saturated rings. The lowest BCUT2D eigenvalue weighted by molar-refractivity contribution is 0.130. The third kappa shape index (κ3) is 1.17. The first-order chi connectivity index (χ1) is 6.84. The van der Waals surface area contributed by atoms with Crippen LogP contribution in [0.4, 0.5) is 0 Å². The Morgan fingerprint density at radius 2 is 2.07 bits per heavy atom. The molecule has 1 saturated carbocycles. The fourth-order valence-corrected chi connectivity index (χ4v) is 2.19. The summed E-state index contributed by atoms with van der Waals surface area (Å²) in [7, 11) is 0. The van der Waals surface area contributed by atoms with Crippen molar-refractivity contribution < 1.29 is 5.11 Å². The van der Waals surface area contributed by atoms with Gasteiger partial charge in [-0.2, -0.15) is 5.10 Å². The molecule has 1 aromatic heterocycles. The lowest BCUT2D eigenvalue weighted by Crippen LogP contribution is -2.16. The van der Waals surface area contributed by atoms with Crippen LogP contribution in [0, 0.1) is 0 Å². The summed E-state index contributed by atoms with van der Waals surface area (Å²) in [6.07, 6.45) is 5.21. The van der Waals surface area contributed by atoms with Crippen LogP contribution in [0.5, 0.6) is 0 Å². The third-order valence-electron chi connectivity index (χ3n) is 3.33. The van der Waals surface area contributed by atoms with Crippen molar-refractivity contribution in [2.45, 2.75) is 50.7 Å². The molecule has 1 aliphatic carbocycles. The first-order valence-corrected chi connectivity index (χ1v) is 5.47. The maximum atomic E-state index is 9.72. The minimum absolute atomic E-state index is 0.384. The van der Waals surface area contributed by atoms with Crippen LogP contribution in [0.2, 0.25) is 0 Å². The fraction of sp³-hybridized carbons (Fsp3) is 0.800. The average molecular weight is 193 g/mol. The van der Waals surface area contributed by atoms with E-state index in [0.717, 1.165) is 31.0 Å². The molecule has 4 nitrogen and oxygen atoms in total. The van der Waals surface area contributed by atoms with E-state index in [9.17, 15) is 5.11 Å². The molecule has 2 aliphatic rings. The first-order valence-electron chi connectivity index (χ1n) is 5.47. The number of aliphatic hydroxyl groups is 1. The van der Waals surface area contributed by atoms with Gasteiger partial charge in [-0.15, -0.1) is 0 Å². The van der Waals surface area contributed by atoms with Crippen LogP contribution in [-0.4, -0.2) is 19.9 Å². The number of aryl methyl sites for hydroxylation is 1. The fourth-order valence-electron chi connectivity index (χ4n) is 2.19. The molecule has 0 spiro atoms. The second kappa shape index (κ2) is 3.05. The van der Waals surface area contributed by atoms with Crippen molar-refractivity contribution in [2.75, 3.05) is 0 Å². The Hall–Kier alpha value is -0.900. The van der Waals surface area contributed by atoms with Gasteiger partial charge in [-0.3, -0.25) is 0 Å². The minimum Gasteiger partial charge on any atom is -0.385 e. The summed E-state index contributed by atoms with van der Waals surface area (Å²) >= 11 is 0. The second-order valence-electron chi connectivity index (χ2n) is 4.34. The van der Waals surface area contributed by atoms with Gasteiger partial charge in [0, 0.05) is 12.5 Å². The highest BCUT2D eigenvalue weighted by Crippen LogP contribution is 2.35. The molecular weight excluding hydrogens is 178 g/mol. The van der Waals surface area contributed by atoms with E-state index in [0.29, 0.717) is 5.92 Å². The summed E-state index contributed by atoms with van der Waals surface area (Å²) in [5.74, 6) is 2.32. The number of fused-ring (bicyclic) bond motifs is 1. The number of hydrogen-bond acceptors (Lipinski definition) is 3. The van der Waals surface area contributed by atoms with Crippen LogP contribution in [0.15, 0.2) is 0 Å². The Kier molecular flexibility index (Phi) is 1.83. The summed E-state index contributed by atoms with van der Waals surface area (Å²) < 4.78 is 1.89. The van der Waals surface area contributed by atoms with Crippen LogP contribution in [-0.2, 0) is 6.54 Å². The molecular formula is C10H15N3O. The number of nitrogens with zero attached hydrogens (tertiary/aromatic N) is 3. The monoisotopic (exact) mass is 193 g/mol. The maximum Gasteiger partial charge on any atom is 0.156 e. The van der Waals surface area contributed by atoms with Crippen molar-refractivity contribution >= 4 is 0 Å². The van der Waals surface area contributed by atoms with E-state index in [1.165, 1.54) is 19.3 Å². The van der Waals surface area contributed by atoms with Crippen LogP contribution >= 0.6 is 0 Å². The summed E-state index contributed by atoms with van der Waals surface area (Å²) in [5, 5.41) is 14.2. The molecule has 1 atom stereocenters. The van der Waals surface area contributed by atoms with E-state index in [1.807, 2.05) is 4.68 Å². The van der Waals surface area contributed by atoms with Crippen molar-refractivity contribution in [2.24, 2.45) is 0 Å². The quantitative estimate of drug-likeness (QED) is 0.733. The Bertz CT molecular complexity index is 343. The smallest absolute Gasteiger partial charge is 0.156 e. The van der Waals surface area contributed by atoms with Gasteiger partial charge in [-0.05, 0) is 25.7 Å². The van der Waals surface area contributed by atoms with Gasteiger partial charge in [0.1, 0.15) is 6.10 Å². The van der Waals surface area contributed by atoms with E-state index in [1.54, 1.807) is 0 Å². The van der Waals surface area contributed by atoms with Crippen molar-refractivity contribution in [3.8, 4) is 0 Å². The van der Waals surface area contributed by atoms with Crippen molar-refractivity contribution in [3.63, 3.8) is 0 Å². The predicted octanol–water partition coefficient (Wildman–Crippen LogP) is 1.37. The van der Waals surface area contributed by atoms with Gasteiger partial charge in [0.05, 0.1) is 0 Å². The number of aromatic nitrogens is 3. The van der Waals surface area contributed by atoms with E-state index in [4.69, 9.17) is 0 Å². The van der Waals surface area contributed by atoms with Crippen molar-refractivity contribution in [3.05, 3.63) is 11.6 Å². The molecule has 14 heavy (non-hydrogen) atoms. The Morgan fingerprint density at radius 1 is 1.21 bits per heavy atom. The maximum absolute atomic E-state index is 9.72. The highest BCUT2D eigenvalue weighted by Gasteiger charge is 2.28. The van der Waals surface area contributed by atoms with Crippen LogP contribution in [0.3, 0.4) is 0 Å². The lowest BCUT2D eigenvalue weighted by atomic mass is 9.85. The second-order valence-corrected chi connectivity index (χ2v) is 4.34. The highest BCUT2D eigenvalue weighted by molar-refractivity contribution is 5.05. The highest BCUT2D eigenvalue weighted by atomic mass is 16.3. The van der Waals surface area contributed by atoms with Gasteiger partial charge in [-0.25, -0.2) is 9.67 Å². The zero-order chi connectivity index (χ0) is 9.54. The Balaban J connectivity index is 1.93. The van der Waals surface area contributed by atoms with E-state index in [-0.39, 0.29) is 6.10 Å². The van der Waals surface area contributed by atoms with E-state index in [2.05, 4.69) is 10.1 Å². The summed E-state index contributed by atoms with van der Waals surface area (Å²) in [6, 6.07) is 0. The summed E-state index contributed by atoms with van der Waals surface area (Å²) in [6.45, 7) is 0.923. The average Bonchev–Trinajstić information content (AvgIpc) is 2.46. The predicted molar refractivity (Wildman–Crippen MR) is 50.8 cm³/mol. The molecule has 0 amide bonds.